The zero-order valence-corrected chi connectivity index (χ0v) is 25.1. The van der Waals surface area contributed by atoms with Crippen LogP contribution in [0.5, 0.6) is 0 Å². The summed E-state index contributed by atoms with van der Waals surface area (Å²) in [5.41, 5.74) is 4.15. The number of aromatic nitrogens is 1. The highest BCUT2D eigenvalue weighted by Gasteiger charge is 2.19. The lowest BCUT2D eigenvalue weighted by Crippen LogP contribution is -2.27. The Morgan fingerprint density at radius 3 is 2.24 bits per heavy atom. The molecule has 1 amide bonds. The Hall–Kier alpha value is -3.57. The molecule has 0 aliphatic heterocycles. The lowest BCUT2D eigenvalue weighted by molar-refractivity contribution is 0.0636. The molecule has 0 bridgehead atoms. The maximum Gasteiger partial charge on any atom is 0.413 e. The summed E-state index contributed by atoms with van der Waals surface area (Å²) in [7, 11) is -3.67. The number of amides is 1. The van der Waals surface area contributed by atoms with Crippen molar-refractivity contribution < 1.29 is 22.7 Å². The zero-order valence-electron chi connectivity index (χ0n) is 23.4. The second-order valence-electron chi connectivity index (χ2n) is 10.4. The van der Waals surface area contributed by atoms with E-state index in [1.807, 2.05) is 72.8 Å². The highest BCUT2D eigenvalue weighted by Crippen LogP contribution is 2.29. The average molecular weight is 594 g/mol. The van der Waals surface area contributed by atoms with E-state index in [1.165, 1.54) is 17.5 Å². The Morgan fingerprint density at radius 1 is 0.902 bits per heavy atom. The number of ether oxygens (including phenoxy) is 2. The summed E-state index contributed by atoms with van der Waals surface area (Å²) in [6.07, 6.45) is 1.62. The van der Waals surface area contributed by atoms with E-state index in [1.54, 1.807) is 20.8 Å². The largest absolute Gasteiger partial charge is 0.444 e. The first-order chi connectivity index (χ1) is 19.6. The number of nitrogens with zero attached hydrogens (tertiary/aromatic N) is 1. The van der Waals surface area contributed by atoms with Gasteiger partial charge in [-0.05, 0) is 55.0 Å². The molecule has 0 aliphatic rings. The highest BCUT2D eigenvalue weighted by atomic mass is 32.2. The first kappa shape index (κ1) is 30.4. The number of anilines is 1. The molecule has 1 aromatic heterocycles. The SMILES string of the molecule is CC(C)(C)OC(=O)Nc1ncc(CNS(=O)(=O)Cc2ccccc2-c2ccccc2CCOCc2ccccc2)s1. The van der Waals surface area contributed by atoms with Crippen molar-refractivity contribution in [1.82, 2.24) is 9.71 Å². The third-order valence-electron chi connectivity index (χ3n) is 5.93. The molecule has 0 atom stereocenters. The fourth-order valence-corrected chi connectivity index (χ4v) is 6.10. The molecule has 0 unspecified atom stereocenters. The van der Waals surface area contributed by atoms with Crippen LogP contribution in [-0.4, -0.2) is 31.7 Å². The predicted molar refractivity (Wildman–Crippen MR) is 163 cm³/mol. The first-order valence-electron chi connectivity index (χ1n) is 13.3. The molecule has 4 rings (SSSR count). The van der Waals surface area contributed by atoms with Gasteiger partial charge in [-0.25, -0.2) is 22.9 Å². The van der Waals surface area contributed by atoms with Gasteiger partial charge in [-0.2, -0.15) is 0 Å². The maximum absolute atomic E-state index is 13.1. The Labute approximate surface area is 245 Å². The number of rotatable bonds is 12. The smallest absolute Gasteiger partial charge is 0.413 e. The molecule has 8 nitrogen and oxygen atoms in total. The van der Waals surface area contributed by atoms with Crippen LogP contribution < -0.4 is 10.0 Å². The van der Waals surface area contributed by atoms with Gasteiger partial charge in [0.25, 0.3) is 0 Å². The first-order valence-corrected chi connectivity index (χ1v) is 15.7. The summed E-state index contributed by atoms with van der Waals surface area (Å²) >= 11 is 1.18. The lowest BCUT2D eigenvalue weighted by atomic mass is 9.95. The van der Waals surface area contributed by atoms with Crippen molar-refractivity contribution in [3.8, 4) is 11.1 Å². The van der Waals surface area contributed by atoms with E-state index in [4.69, 9.17) is 9.47 Å². The van der Waals surface area contributed by atoms with Crippen LogP contribution >= 0.6 is 11.3 Å². The summed E-state index contributed by atoms with van der Waals surface area (Å²) in [6.45, 7) is 6.47. The van der Waals surface area contributed by atoms with E-state index in [0.717, 1.165) is 22.3 Å². The molecular formula is C31H35N3O5S2. The summed E-state index contributed by atoms with van der Waals surface area (Å²) in [6, 6.07) is 25.6. The van der Waals surface area contributed by atoms with E-state index in [2.05, 4.69) is 21.1 Å². The van der Waals surface area contributed by atoms with Crippen molar-refractivity contribution in [2.75, 3.05) is 11.9 Å². The number of hydrogen-bond donors (Lipinski definition) is 2. The minimum absolute atomic E-state index is 0.0630. The van der Waals surface area contributed by atoms with Gasteiger partial charge in [0.15, 0.2) is 5.13 Å². The number of thiazole rings is 1. The van der Waals surface area contributed by atoms with E-state index >= 15 is 0 Å². The molecule has 0 fully saturated rings. The molecule has 0 saturated carbocycles. The number of benzene rings is 3. The molecule has 0 saturated heterocycles. The van der Waals surface area contributed by atoms with E-state index in [-0.39, 0.29) is 12.3 Å². The number of hydrogen-bond acceptors (Lipinski definition) is 7. The molecule has 2 N–H and O–H groups in total. The number of carbonyl (C=O) groups excluding carboxylic acids is 1. The van der Waals surface area contributed by atoms with Gasteiger partial charge in [0, 0.05) is 17.6 Å². The highest BCUT2D eigenvalue weighted by molar-refractivity contribution is 7.88. The Bertz CT molecular complexity index is 1550. The summed E-state index contributed by atoms with van der Waals surface area (Å²) in [5, 5.41) is 2.91. The normalized spacial score (nSPS) is 11.8. The minimum Gasteiger partial charge on any atom is -0.444 e. The van der Waals surface area contributed by atoms with Crippen molar-refractivity contribution in [2.24, 2.45) is 0 Å². The summed E-state index contributed by atoms with van der Waals surface area (Å²) < 4.78 is 40.0. The van der Waals surface area contributed by atoms with Crippen LogP contribution in [0.4, 0.5) is 9.93 Å². The van der Waals surface area contributed by atoms with Crippen molar-refractivity contribution in [1.29, 1.82) is 0 Å². The lowest BCUT2D eigenvalue weighted by Gasteiger charge is -2.18. The fraction of sp³-hybridized carbons (Fsp3) is 0.290. The van der Waals surface area contributed by atoms with Crippen LogP contribution in [0, 0.1) is 0 Å². The number of sulfonamides is 1. The molecule has 0 spiro atoms. The molecule has 10 heteroatoms. The van der Waals surface area contributed by atoms with Gasteiger partial charge in [-0.3, -0.25) is 5.32 Å². The van der Waals surface area contributed by atoms with Crippen molar-refractivity contribution in [3.63, 3.8) is 0 Å². The van der Waals surface area contributed by atoms with Crippen LogP contribution in [0.1, 0.15) is 42.3 Å². The summed E-state index contributed by atoms with van der Waals surface area (Å²) in [4.78, 5) is 16.8. The van der Waals surface area contributed by atoms with Crippen molar-refractivity contribution >= 4 is 32.6 Å². The van der Waals surface area contributed by atoms with Gasteiger partial charge < -0.3 is 9.47 Å². The molecule has 4 aromatic rings. The quantitative estimate of drug-likeness (QED) is 0.181. The van der Waals surface area contributed by atoms with Gasteiger partial charge in [0.05, 0.1) is 19.0 Å². The topological polar surface area (TPSA) is 107 Å². The van der Waals surface area contributed by atoms with Gasteiger partial charge in [0.1, 0.15) is 5.60 Å². The number of nitrogens with one attached hydrogen (secondary N) is 2. The summed E-state index contributed by atoms with van der Waals surface area (Å²) in [5.74, 6) is -0.177. The van der Waals surface area contributed by atoms with Crippen LogP contribution in [0.3, 0.4) is 0 Å². The monoisotopic (exact) mass is 593 g/mol. The second-order valence-corrected chi connectivity index (χ2v) is 13.4. The van der Waals surface area contributed by atoms with E-state index < -0.39 is 21.7 Å². The average Bonchev–Trinajstić information content (AvgIpc) is 3.37. The fourth-order valence-electron chi connectivity index (χ4n) is 4.13. The standard InChI is InChI=1S/C31H35N3O5S2/c1-31(2,3)39-30(35)34-29-32-19-26(40-29)20-33-41(36,37)22-25-14-8-10-16-28(25)27-15-9-7-13-24(27)17-18-38-21-23-11-5-4-6-12-23/h4-16,19,33H,17-18,20-22H2,1-3H3,(H,32,34,35). The number of carbonyl (C=O) groups is 1. The van der Waals surface area contributed by atoms with Crippen molar-refractivity contribution in [3.05, 3.63) is 107 Å². The molecule has 3 aromatic carbocycles. The molecular weight excluding hydrogens is 558 g/mol. The third-order valence-corrected chi connectivity index (χ3v) is 8.11. The van der Waals surface area contributed by atoms with Crippen LogP contribution in [0.2, 0.25) is 0 Å². The van der Waals surface area contributed by atoms with Crippen LogP contribution in [0.15, 0.2) is 85.1 Å². The van der Waals surface area contributed by atoms with Gasteiger partial charge in [-0.1, -0.05) is 78.9 Å². The minimum atomic E-state index is -3.67. The van der Waals surface area contributed by atoms with E-state index in [9.17, 15) is 13.2 Å². The molecule has 0 radical (unpaired) electrons. The van der Waals surface area contributed by atoms with Gasteiger partial charge in [0.2, 0.25) is 10.0 Å². The second kappa shape index (κ2) is 13.9. The Kier molecular flexibility index (Phi) is 10.3. The molecule has 1 heterocycles. The van der Waals surface area contributed by atoms with E-state index in [0.29, 0.717) is 35.2 Å². The Balaban J connectivity index is 1.38. The maximum atomic E-state index is 13.1. The van der Waals surface area contributed by atoms with Gasteiger partial charge in [-0.15, -0.1) is 11.3 Å². The third kappa shape index (κ3) is 9.79. The van der Waals surface area contributed by atoms with Crippen LogP contribution in [-0.2, 0) is 44.8 Å². The molecule has 41 heavy (non-hydrogen) atoms. The molecule has 216 valence electrons. The van der Waals surface area contributed by atoms with Gasteiger partial charge >= 0.3 is 6.09 Å². The Morgan fingerprint density at radius 2 is 1.54 bits per heavy atom. The predicted octanol–water partition coefficient (Wildman–Crippen LogP) is 6.54. The zero-order chi connectivity index (χ0) is 29.3. The molecule has 0 aliphatic carbocycles. The van der Waals surface area contributed by atoms with Crippen molar-refractivity contribution in [2.45, 2.75) is 51.7 Å². The van der Waals surface area contributed by atoms with Crippen LogP contribution in [0.25, 0.3) is 11.1 Å².